The molecular weight excluding hydrogens is 352 g/mol. The van der Waals surface area contributed by atoms with Crippen LogP contribution in [-0.4, -0.2) is 20.0 Å². The summed E-state index contributed by atoms with van der Waals surface area (Å²) in [6.07, 6.45) is 3.27. The highest BCUT2D eigenvalue weighted by Gasteiger charge is 2.18. The minimum atomic E-state index is -0.730. The Bertz CT molecular complexity index is 1040. The van der Waals surface area contributed by atoms with Crippen molar-refractivity contribution >= 4 is 28.4 Å². The maximum atomic E-state index is 12.6. The molecule has 1 amide bonds. The van der Waals surface area contributed by atoms with Crippen LogP contribution in [0.4, 0.5) is 0 Å². The minimum Gasteiger partial charge on any atom is -0.347 e. The van der Waals surface area contributed by atoms with Crippen molar-refractivity contribution in [3.8, 4) is 0 Å². The molecule has 0 saturated carbocycles. The molecule has 0 bridgehead atoms. The Hall–Kier alpha value is -2.74. The second-order valence-corrected chi connectivity index (χ2v) is 7.01. The van der Waals surface area contributed by atoms with Crippen molar-refractivity contribution < 1.29 is 4.79 Å². The number of pyridine rings is 1. The topological polar surface area (TPSA) is 86.0 Å². The van der Waals surface area contributed by atoms with E-state index in [1.807, 2.05) is 17.5 Å². The van der Waals surface area contributed by atoms with Crippen LogP contribution >= 0.6 is 11.3 Å². The smallest absolute Gasteiger partial charge is 0.317 e. The number of nitrogens with zero attached hydrogens (tertiary/aromatic N) is 3. The molecular formula is C18H20N4O3S. The van der Waals surface area contributed by atoms with E-state index in [9.17, 15) is 14.4 Å². The monoisotopic (exact) mass is 372 g/mol. The van der Waals surface area contributed by atoms with Crippen LogP contribution in [0.5, 0.6) is 0 Å². The third-order valence-electron chi connectivity index (χ3n) is 4.21. The fraction of sp³-hybridized carbons (Fsp3) is 0.333. The Morgan fingerprint density at radius 3 is 2.77 bits per heavy atom. The number of aromatic nitrogens is 3. The van der Waals surface area contributed by atoms with Gasteiger partial charge in [-0.3, -0.25) is 23.5 Å². The van der Waals surface area contributed by atoms with E-state index < -0.39 is 11.1 Å². The second-order valence-electron chi connectivity index (χ2n) is 6.03. The molecule has 3 aromatic heterocycles. The van der Waals surface area contributed by atoms with Crippen molar-refractivity contribution in [3.63, 3.8) is 0 Å². The lowest BCUT2D eigenvalue weighted by Crippen LogP contribution is -2.43. The van der Waals surface area contributed by atoms with Crippen molar-refractivity contribution in [1.82, 2.24) is 19.4 Å². The van der Waals surface area contributed by atoms with Crippen LogP contribution in [0.15, 0.2) is 45.4 Å². The highest BCUT2D eigenvalue weighted by atomic mass is 32.1. The average molecular weight is 372 g/mol. The number of carbonyl (C=O) groups excluding carboxylic acids is 1. The molecule has 0 unspecified atom stereocenters. The third-order valence-corrected chi connectivity index (χ3v) is 5.19. The summed E-state index contributed by atoms with van der Waals surface area (Å²) >= 11 is 1.58. The largest absolute Gasteiger partial charge is 0.347 e. The first-order chi connectivity index (χ1) is 12.5. The predicted octanol–water partition coefficient (Wildman–Crippen LogP) is 1.81. The van der Waals surface area contributed by atoms with Crippen LogP contribution in [-0.2, 0) is 18.4 Å². The summed E-state index contributed by atoms with van der Waals surface area (Å²) in [4.78, 5) is 42.4. The van der Waals surface area contributed by atoms with E-state index in [-0.39, 0.29) is 18.5 Å². The van der Waals surface area contributed by atoms with E-state index in [2.05, 4.69) is 17.2 Å². The molecule has 0 aliphatic rings. The van der Waals surface area contributed by atoms with Gasteiger partial charge >= 0.3 is 11.1 Å². The summed E-state index contributed by atoms with van der Waals surface area (Å²) < 4.78 is 2.40. The van der Waals surface area contributed by atoms with Gasteiger partial charge in [-0.1, -0.05) is 19.4 Å². The van der Waals surface area contributed by atoms with Crippen LogP contribution < -0.4 is 16.4 Å². The molecule has 0 aromatic carbocycles. The minimum absolute atomic E-state index is 0.0980. The van der Waals surface area contributed by atoms with E-state index in [1.165, 1.54) is 16.2 Å². The Kier molecular flexibility index (Phi) is 5.32. The van der Waals surface area contributed by atoms with Gasteiger partial charge in [0.05, 0.1) is 11.6 Å². The summed E-state index contributed by atoms with van der Waals surface area (Å²) in [6.45, 7) is 1.83. The van der Waals surface area contributed by atoms with Gasteiger partial charge in [-0.2, -0.15) is 0 Å². The molecule has 1 N–H and O–H groups in total. The van der Waals surface area contributed by atoms with Gasteiger partial charge in [0.25, 0.3) is 0 Å². The Morgan fingerprint density at radius 1 is 1.27 bits per heavy atom. The van der Waals surface area contributed by atoms with Crippen molar-refractivity contribution in [2.45, 2.75) is 32.4 Å². The van der Waals surface area contributed by atoms with Gasteiger partial charge in [-0.05, 0) is 30.0 Å². The first kappa shape index (κ1) is 18.1. The molecule has 136 valence electrons. The van der Waals surface area contributed by atoms with Gasteiger partial charge in [0, 0.05) is 18.1 Å². The fourth-order valence-electron chi connectivity index (χ4n) is 2.93. The summed E-state index contributed by atoms with van der Waals surface area (Å²) in [5, 5.41) is 4.94. The second kappa shape index (κ2) is 7.65. The van der Waals surface area contributed by atoms with Crippen LogP contribution in [0.2, 0.25) is 0 Å². The number of amides is 1. The van der Waals surface area contributed by atoms with Crippen molar-refractivity contribution in [1.29, 1.82) is 0 Å². The van der Waals surface area contributed by atoms with Gasteiger partial charge < -0.3 is 5.32 Å². The van der Waals surface area contributed by atoms with Crippen LogP contribution in [0.25, 0.3) is 11.2 Å². The molecule has 8 heteroatoms. The van der Waals surface area contributed by atoms with Gasteiger partial charge in [0.15, 0.2) is 5.65 Å². The van der Waals surface area contributed by atoms with Crippen molar-refractivity contribution in [3.05, 3.63) is 61.4 Å². The molecule has 3 heterocycles. The first-order valence-corrected chi connectivity index (χ1v) is 9.28. The number of thiophene rings is 1. The number of rotatable bonds is 6. The van der Waals surface area contributed by atoms with Gasteiger partial charge in [-0.15, -0.1) is 11.3 Å². The number of nitrogens with one attached hydrogen (secondary N) is 1. The third kappa shape index (κ3) is 3.45. The lowest BCUT2D eigenvalue weighted by Gasteiger charge is -2.18. The van der Waals surface area contributed by atoms with E-state index in [1.54, 1.807) is 29.7 Å². The molecule has 0 spiro atoms. The summed E-state index contributed by atoms with van der Waals surface area (Å²) in [5.74, 6) is -0.308. The molecule has 0 radical (unpaired) electrons. The molecule has 0 aliphatic heterocycles. The van der Waals surface area contributed by atoms with E-state index in [0.717, 1.165) is 17.7 Å². The van der Waals surface area contributed by atoms with Crippen LogP contribution in [0.3, 0.4) is 0 Å². The number of aryl methyl sites for hydroxylation is 1. The summed E-state index contributed by atoms with van der Waals surface area (Å²) in [6, 6.07) is 7.18. The zero-order chi connectivity index (χ0) is 18.7. The molecule has 0 fully saturated rings. The lowest BCUT2D eigenvalue weighted by atomic mass is 10.1. The van der Waals surface area contributed by atoms with E-state index >= 15 is 0 Å². The summed E-state index contributed by atoms with van der Waals surface area (Å²) in [7, 11) is 1.50. The predicted molar refractivity (Wildman–Crippen MR) is 101 cm³/mol. The molecule has 3 rings (SSSR count). The number of hydrogen-bond acceptors (Lipinski definition) is 5. The zero-order valence-electron chi connectivity index (χ0n) is 14.6. The quantitative estimate of drug-likeness (QED) is 0.669. The molecule has 7 nitrogen and oxygen atoms in total. The SMILES string of the molecule is CCC[C@@H](NC(=O)Cn1c(=O)c(=O)n(C)c2ncccc21)c1cccs1. The molecule has 1 atom stereocenters. The maximum absolute atomic E-state index is 12.6. The molecule has 0 aliphatic carbocycles. The molecule has 3 aromatic rings. The van der Waals surface area contributed by atoms with E-state index in [4.69, 9.17) is 0 Å². The zero-order valence-corrected chi connectivity index (χ0v) is 15.5. The van der Waals surface area contributed by atoms with Gasteiger partial charge in [0.1, 0.15) is 6.54 Å². The molecule has 0 saturated heterocycles. The Labute approximate surface area is 153 Å². The highest BCUT2D eigenvalue weighted by Crippen LogP contribution is 2.23. The number of fused-ring (bicyclic) bond motifs is 1. The van der Waals surface area contributed by atoms with Crippen molar-refractivity contribution in [2.75, 3.05) is 0 Å². The summed E-state index contributed by atoms with van der Waals surface area (Å²) in [5.41, 5.74) is -0.607. The van der Waals surface area contributed by atoms with Gasteiger partial charge in [0.2, 0.25) is 5.91 Å². The Morgan fingerprint density at radius 2 is 2.08 bits per heavy atom. The maximum Gasteiger partial charge on any atom is 0.317 e. The van der Waals surface area contributed by atoms with Crippen LogP contribution in [0.1, 0.15) is 30.7 Å². The Balaban J connectivity index is 1.92. The number of hydrogen-bond donors (Lipinski definition) is 1. The fourth-order valence-corrected chi connectivity index (χ4v) is 3.74. The average Bonchev–Trinajstić information content (AvgIpc) is 3.18. The number of carbonyl (C=O) groups is 1. The highest BCUT2D eigenvalue weighted by molar-refractivity contribution is 7.10. The first-order valence-electron chi connectivity index (χ1n) is 8.40. The van der Waals surface area contributed by atoms with E-state index in [0.29, 0.717) is 11.2 Å². The standard InChI is InChI=1S/C18H20N4O3S/c1-3-6-12(14-8-5-10-26-14)20-15(23)11-22-13-7-4-9-19-16(13)21(2)17(24)18(22)25/h4-5,7-10,12H,3,6,11H2,1-2H3,(H,20,23)/t12-/m1/s1. The van der Waals surface area contributed by atoms with Crippen molar-refractivity contribution in [2.24, 2.45) is 7.05 Å². The molecule has 26 heavy (non-hydrogen) atoms. The lowest BCUT2D eigenvalue weighted by molar-refractivity contribution is -0.122. The van der Waals surface area contributed by atoms with Gasteiger partial charge in [-0.25, -0.2) is 4.98 Å². The van der Waals surface area contributed by atoms with Crippen LogP contribution in [0, 0.1) is 0 Å². The normalized spacial score (nSPS) is 12.2.